The predicted molar refractivity (Wildman–Crippen MR) is 88.2 cm³/mol. The molecule has 0 aromatic heterocycles. The van der Waals surface area contributed by atoms with Crippen molar-refractivity contribution >= 4 is 12.1 Å². The second-order valence-electron chi connectivity index (χ2n) is 6.19. The van der Waals surface area contributed by atoms with E-state index in [2.05, 4.69) is 5.32 Å². The molecule has 1 aliphatic carbocycles. The minimum atomic E-state index is -1.03. The first kappa shape index (κ1) is 18.3. The molecule has 1 saturated carbocycles. The quantitative estimate of drug-likeness (QED) is 0.781. The van der Waals surface area contributed by atoms with Crippen molar-refractivity contribution in [3.05, 3.63) is 35.9 Å². The Morgan fingerprint density at radius 3 is 2.50 bits per heavy atom. The molecular formula is C18H25NO5. The Kier molecular flexibility index (Phi) is 6.61. The fourth-order valence-corrected chi connectivity index (χ4v) is 2.89. The number of rotatable bonds is 6. The standard InChI is InChI=1S/C18H25NO5/c1-2-23-16(20)12-18(22)10-8-15(9-11-18)19-17(21)24-13-14-6-4-3-5-7-14/h3-7,15,22H,2,8-13H2,1H3,(H,19,21). The summed E-state index contributed by atoms with van der Waals surface area (Å²) in [4.78, 5) is 23.4. The van der Waals surface area contributed by atoms with Gasteiger partial charge in [0.1, 0.15) is 6.61 Å². The lowest BCUT2D eigenvalue weighted by molar-refractivity contribution is -0.150. The highest BCUT2D eigenvalue weighted by molar-refractivity contribution is 5.70. The van der Waals surface area contributed by atoms with Crippen LogP contribution in [0.2, 0.25) is 0 Å². The number of esters is 1. The van der Waals surface area contributed by atoms with E-state index in [0.717, 1.165) is 5.56 Å². The predicted octanol–water partition coefficient (Wildman–Crippen LogP) is 2.54. The largest absolute Gasteiger partial charge is 0.466 e. The van der Waals surface area contributed by atoms with Gasteiger partial charge in [-0.2, -0.15) is 0 Å². The molecule has 0 atom stereocenters. The van der Waals surface area contributed by atoms with Crippen molar-refractivity contribution in [3.8, 4) is 0 Å². The number of hydrogen-bond acceptors (Lipinski definition) is 5. The van der Waals surface area contributed by atoms with Crippen molar-refractivity contribution in [2.45, 2.75) is 57.3 Å². The molecule has 0 aliphatic heterocycles. The van der Waals surface area contributed by atoms with E-state index >= 15 is 0 Å². The van der Waals surface area contributed by atoms with Gasteiger partial charge in [-0.15, -0.1) is 0 Å². The Balaban J connectivity index is 1.70. The van der Waals surface area contributed by atoms with Crippen molar-refractivity contribution < 1.29 is 24.2 Å². The van der Waals surface area contributed by atoms with Crippen LogP contribution >= 0.6 is 0 Å². The highest BCUT2D eigenvalue weighted by Crippen LogP contribution is 2.31. The van der Waals surface area contributed by atoms with Gasteiger partial charge in [-0.1, -0.05) is 30.3 Å². The highest BCUT2D eigenvalue weighted by Gasteiger charge is 2.36. The van der Waals surface area contributed by atoms with Gasteiger partial charge in [-0.05, 0) is 38.2 Å². The van der Waals surface area contributed by atoms with Crippen LogP contribution in [0.1, 0.15) is 44.6 Å². The average molecular weight is 335 g/mol. The van der Waals surface area contributed by atoms with Crippen LogP contribution in [0, 0.1) is 0 Å². The van der Waals surface area contributed by atoms with Gasteiger partial charge < -0.3 is 19.9 Å². The van der Waals surface area contributed by atoms with Gasteiger partial charge in [-0.25, -0.2) is 4.79 Å². The van der Waals surface area contributed by atoms with Gasteiger partial charge in [0.25, 0.3) is 0 Å². The third-order valence-corrected chi connectivity index (χ3v) is 4.23. The molecule has 0 heterocycles. The maximum atomic E-state index is 11.8. The third-order valence-electron chi connectivity index (χ3n) is 4.23. The molecule has 0 radical (unpaired) electrons. The SMILES string of the molecule is CCOC(=O)CC1(O)CCC(NC(=O)OCc2ccccc2)CC1. The maximum Gasteiger partial charge on any atom is 0.407 e. The highest BCUT2D eigenvalue weighted by atomic mass is 16.5. The van der Waals surface area contributed by atoms with Gasteiger partial charge in [0, 0.05) is 6.04 Å². The molecule has 24 heavy (non-hydrogen) atoms. The minimum Gasteiger partial charge on any atom is -0.466 e. The Labute approximate surface area is 142 Å². The van der Waals surface area contributed by atoms with Crippen LogP contribution < -0.4 is 5.32 Å². The van der Waals surface area contributed by atoms with Crippen LogP contribution in [0.3, 0.4) is 0 Å². The first-order valence-corrected chi connectivity index (χ1v) is 8.36. The topological polar surface area (TPSA) is 84.9 Å². The van der Waals surface area contributed by atoms with Crippen molar-refractivity contribution in [1.29, 1.82) is 0 Å². The molecule has 0 unspecified atom stereocenters. The maximum absolute atomic E-state index is 11.8. The first-order chi connectivity index (χ1) is 11.5. The Morgan fingerprint density at radius 2 is 1.88 bits per heavy atom. The van der Waals surface area contributed by atoms with E-state index < -0.39 is 11.7 Å². The Hall–Kier alpha value is -2.08. The summed E-state index contributed by atoms with van der Waals surface area (Å²) in [7, 11) is 0. The van der Waals surface area contributed by atoms with Crippen LogP contribution in [0.4, 0.5) is 4.79 Å². The molecule has 1 aliphatic rings. The number of carbonyl (C=O) groups excluding carboxylic acids is 2. The van der Waals surface area contributed by atoms with Crippen LogP contribution in [0.5, 0.6) is 0 Å². The van der Waals surface area contributed by atoms with Crippen molar-refractivity contribution in [2.24, 2.45) is 0 Å². The summed E-state index contributed by atoms with van der Waals surface area (Å²) in [5.74, 6) is -0.381. The molecule has 132 valence electrons. The Morgan fingerprint density at radius 1 is 1.21 bits per heavy atom. The number of amides is 1. The number of nitrogens with one attached hydrogen (secondary N) is 1. The molecule has 2 N–H and O–H groups in total. The van der Waals surface area contributed by atoms with E-state index in [1.807, 2.05) is 30.3 Å². The fraction of sp³-hybridized carbons (Fsp3) is 0.556. The van der Waals surface area contributed by atoms with Gasteiger partial charge in [0.2, 0.25) is 0 Å². The zero-order chi connectivity index (χ0) is 17.4. The van der Waals surface area contributed by atoms with E-state index in [0.29, 0.717) is 32.3 Å². The van der Waals surface area contributed by atoms with Crippen molar-refractivity contribution in [1.82, 2.24) is 5.32 Å². The number of aliphatic hydroxyl groups is 1. The lowest BCUT2D eigenvalue weighted by Gasteiger charge is -2.35. The number of benzene rings is 1. The molecule has 1 aromatic carbocycles. The van der Waals surface area contributed by atoms with Gasteiger partial charge in [-0.3, -0.25) is 4.79 Å². The summed E-state index contributed by atoms with van der Waals surface area (Å²) in [6, 6.07) is 9.43. The molecule has 2 rings (SSSR count). The molecule has 0 bridgehead atoms. The van der Waals surface area contributed by atoms with Crippen LogP contribution in [-0.4, -0.2) is 35.4 Å². The number of ether oxygens (including phenoxy) is 2. The summed E-state index contributed by atoms with van der Waals surface area (Å²) in [6.07, 6.45) is 1.67. The first-order valence-electron chi connectivity index (χ1n) is 8.36. The average Bonchev–Trinajstić information content (AvgIpc) is 2.56. The normalized spacial score (nSPS) is 23.3. The number of hydrogen-bond donors (Lipinski definition) is 2. The lowest BCUT2D eigenvalue weighted by atomic mass is 9.80. The zero-order valence-electron chi connectivity index (χ0n) is 14.0. The van der Waals surface area contributed by atoms with E-state index in [1.165, 1.54) is 0 Å². The van der Waals surface area contributed by atoms with Gasteiger partial charge >= 0.3 is 12.1 Å². The van der Waals surface area contributed by atoms with Crippen LogP contribution in [0.15, 0.2) is 30.3 Å². The molecule has 1 aromatic rings. The van der Waals surface area contributed by atoms with Crippen molar-refractivity contribution in [2.75, 3.05) is 6.61 Å². The zero-order valence-corrected chi connectivity index (χ0v) is 14.0. The smallest absolute Gasteiger partial charge is 0.407 e. The summed E-state index contributed by atoms with van der Waals surface area (Å²) < 4.78 is 10.1. The monoisotopic (exact) mass is 335 g/mol. The van der Waals surface area contributed by atoms with E-state index in [9.17, 15) is 14.7 Å². The summed E-state index contributed by atoms with van der Waals surface area (Å²) in [6.45, 7) is 2.28. The van der Waals surface area contributed by atoms with Crippen molar-refractivity contribution in [3.63, 3.8) is 0 Å². The minimum absolute atomic E-state index is 0.00597. The van der Waals surface area contributed by atoms with Crippen LogP contribution in [-0.2, 0) is 20.9 Å². The van der Waals surface area contributed by atoms with Gasteiger partial charge in [0.05, 0.1) is 18.6 Å². The number of carbonyl (C=O) groups is 2. The summed E-state index contributed by atoms with van der Waals surface area (Å²) in [5, 5.41) is 13.2. The fourth-order valence-electron chi connectivity index (χ4n) is 2.89. The Bertz CT molecular complexity index is 538. The number of alkyl carbamates (subject to hydrolysis) is 1. The molecule has 0 spiro atoms. The summed E-state index contributed by atoms with van der Waals surface area (Å²) in [5.41, 5.74) is -0.0987. The van der Waals surface area contributed by atoms with E-state index in [1.54, 1.807) is 6.92 Å². The molecule has 6 nitrogen and oxygen atoms in total. The molecule has 1 amide bonds. The molecular weight excluding hydrogens is 310 g/mol. The van der Waals surface area contributed by atoms with Gasteiger partial charge in [0.15, 0.2) is 0 Å². The second-order valence-corrected chi connectivity index (χ2v) is 6.19. The summed E-state index contributed by atoms with van der Waals surface area (Å²) >= 11 is 0. The van der Waals surface area contributed by atoms with E-state index in [4.69, 9.17) is 9.47 Å². The van der Waals surface area contributed by atoms with E-state index in [-0.39, 0.29) is 25.0 Å². The molecule has 1 fully saturated rings. The van der Waals surface area contributed by atoms with Crippen LogP contribution in [0.25, 0.3) is 0 Å². The second kappa shape index (κ2) is 8.68. The lowest BCUT2D eigenvalue weighted by Crippen LogP contribution is -2.44. The third kappa shape index (κ3) is 5.85. The molecule has 6 heteroatoms. The molecule has 0 saturated heterocycles.